The highest BCUT2D eigenvalue weighted by molar-refractivity contribution is 6.28. The zero-order valence-corrected chi connectivity index (χ0v) is 10.4. The summed E-state index contributed by atoms with van der Waals surface area (Å²) in [6, 6.07) is 0. The molecule has 1 N–H and O–H groups in total. The lowest BCUT2D eigenvalue weighted by Gasteiger charge is -2.26. The zero-order chi connectivity index (χ0) is 12.1. The molecule has 0 saturated carbocycles. The maximum Gasteiger partial charge on any atom is 0.224 e. The Morgan fingerprint density at radius 3 is 2.88 bits per heavy atom. The predicted molar refractivity (Wildman–Crippen MR) is 65.8 cm³/mol. The van der Waals surface area contributed by atoms with Crippen molar-refractivity contribution in [1.29, 1.82) is 0 Å². The largest absolute Gasteiger partial charge is 0.366 e. The van der Waals surface area contributed by atoms with Crippen LogP contribution in [0.1, 0.15) is 19.3 Å². The van der Waals surface area contributed by atoms with Gasteiger partial charge in [0.05, 0.1) is 6.20 Å². The normalized spacial score (nSPS) is 17.1. The molecule has 2 heterocycles. The Kier molecular flexibility index (Phi) is 4.50. The molecule has 0 amide bonds. The van der Waals surface area contributed by atoms with Crippen LogP contribution < -0.4 is 5.32 Å². The maximum absolute atomic E-state index is 13.3. The molecule has 1 aromatic rings. The van der Waals surface area contributed by atoms with E-state index >= 15 is 0 Å². The fraction of sp³-hybridized carbons (Fsp3) is 0.636. The highest BCUT2D eigenvalue weighted by Crippen LogP contribution is 2.12. The molecule has 0 atom stereocenters. The van der Waals surface area contributed by atoms with Gasteiger partial charge in [-0.1, -0.05) is 6.42 Å². The third kappa shape index (κ3) is 3.78. The summed E-state index contributed by atoms with van der Waals surface area (Å²) in [7, 11) is 0. The van der Waals surface area contributed by atoms with Crippen LogP contribution in [0.5, 0.6) is 0 Å². The minimum Gasteiger partial charge on any atom is -0.366 e. The van der Waals surface area contributed by atoms with Gasteiger partial charge in [0.1, 0.15) is 0 Å². The van der Waals surface area contributed by atoms with Crippen molar-refractivity contribution < 1.29 is 4.39 Å². The minimum atomic E-state index is -0.465. The van der Waals surface area contributed by atoms with Gasteiger partial charge in [-0.15, -0.1) is 0 Å². The van der Waals surface area contributed by atoms with Crippen LogP contribution in [-0.2, 0) is 0 Å². The molecule has 0 bridgehead atoms. The molecular formula is C11H16ClFN4. The molecule has 1 saturated heterocycles. The molecular weight excluding hydrogens is 243 g/mol. The standard InChI is InChI=1S/C11H16ClFN4/c12-11-15-8-9(13)10(16-11)14-4-7-17-5-2-1-3-6-17/h8H,1-7H2,(H,14,15,16). The maximum atomic E-state index is 13.3. The van der Waals surface area contributed by atoms with Gasteiger partial charge in [0.2, 0.25) is 5.28 Å². The van der Waals surface area contributed by atoms with E-state index in [1.165, 1.54) is 19.3 Å². The number of likely N-dealkylation sites (tertiary alicyclic amines) is 1. The Labute approximate surface area is 105 Å². The quantitative estimate of drug-likeness (QED) is 0.841. The van der Waals surface area contributed by atoms with E-state index in [-0.39, 0.29) is 11.1 Å². The summed E-state index contributed by atoms with van der Waals surface area (Å²) in [6.07, 6.45) is 4.92. The van der Waals surface area contributed by atoms with Crippen LogP contribution in [0.4, 0.5) is 10.2 Å². The van der Waals surface area contributed by atoms with Crippen molar-refractivity contribution in [3.05, 3.63) is 17.3 Å². The van der Waals surface area contributed by atoms with E-state index in [4.69, 9.17) is 11.6 Å². The number of anilines is 1. The van der Waals surface area contributed by atoms with E-state index < -0.39 is 5.82 Å². The molecule has 4 nitrogen and oxygen atoms in total. The Morgan fingerprint density at radius 1 is 1.35 bits per heavy atom. The Morgan fingerprint density at radius 2 is 2.12 bits per heavy atom. The topological polar surface area (TPSA) is 41.1 Å². The summed E-state index contributed by atoms with van der Waals surface area (Å²) in [5, 5.41) is 3.01. The number of aromatic nitrogens is 2. The van der Waals surface area contributed by atoms with Gasteiger partial charge in [0.15, 0.2) is 11.6 Å². The van der Waals surface area contributed by atoms with Crippen molar-refractivity contribution in [2.24, 2.45) is 0 Å². The molecule has 0 aromatic carbocycles. The summed E-state index contributed by atoms with van der Waals surface area (Å²) in [6.45, 7) is 3.84. The van der Waals surface area contributed by atoms with Gasteiger partial charge in [0, 0.05) is 13.1 Å². The second-order valence-corrected chi connectivity index (χ2v) is 4.50. The van der Waals surface area contributed by atoms with E-state index in [1.54, 1.807) is 0 Å². The summed E-state index contributed by atoms with van der Waals surface area (Å²) in [5.74, 6) is -0.282. The van der Waals surface area contributed by atoms with E-state index in [2.05, 4.69) is 20.2 Å². The SMILES string of the molecule is Fc1cnc(Cl)nc1NCCN1CCCCC1. The second kappa shape index (κ2) is 6.12. The summed E-state index contributed by atoms with van der Waals surface area (Å²) < 4.78 is 13.3. The lowest BCUT2D eigenvalue weighted by Crippen LogP contribution is -2.33. The first-order chi connectivity index (χ1) is 8.25. The van der Waals surface area contributed by atoms with Gasteiger partial charge in [-0.3, -0.25) is 0 Å². The molecule has 6 heteroatoms. The summed E-state index contributed by atoms with van der Waals surface area (Å²) >= 11 is 5.61. The number of nitrogens with zero attached hydrogens (tertiary/aromatic N) is 3. The molecule has 1 fully saturated rings. The van der Waals surface area contributed by atoms with Crippen molar-refractivity contribution in [2.75, 3.05) is 31.5 Å². The number of rotatable bonds is 4. The monoisotopic (exact) mass is 258 g/mol. The number of nitrogens with one attached hydrogen (secondary N) is 1. The third-order valence-corrected chi connectivity index (χ3v) is 3.07. The molecule has 1 aliphatic heterocycles. The van der Waals surface area contributed by atoms with Gasteiger partial charge < -0.3 is 10.2 Å². The van der Waals surface area contributed by atoms with E-state index in [1.807, 2.05) is 0 Å². The molecule has 17 heavy (non-hydrogen) atoms. The molecule has 1 aromatic heterocycles. The molecule has 94 valence electrons. The van der Waals surface area contributed by atoms with E-state index in [9.17, 15) is 4.39 Å². The van der Waals surface area contributed by atoms with Crippen molar-refractivity contribution in [2.45, 2.75) is 19.3 Å². The van der Waals surface area contributed by atoms with Crippen LogP contribution in [0.2, 0.25) is 5.28 Å². The molecule has 0 aliphatic carbocycles. The van der Waals surface area contributed by atoms with E-state index in [0.29, 0.717) is 6.54 Å². The van der Waals surface area contributed by atoms with Crippen molar-refractivity contribution in [3.63, 3.8) is 0 Å². The van der Waals surface area contributed by atoms with Crippen LogP contribution in [0, 0.1) is 5.82 Å². The molecule has 2 rings (SSSR count). The highest BCUT2D eigenvalue weighted by atomic mass is 35.5. The molecule has 0 unspecified atom stereocenters. The minimum absolute atomic E-state index is 0.0619. The average Bonchev–Trinajstić information content (AvgIpc) is 2.35. The average molecular weight is 259 g/mol. The summed E-state index contributed by atoms with van der Waals surface area (Å²) in [5.41, 5.74) is 0. The van der Waals surface area contributed by atoms with Gasteiger partial charge in [0.25, 0.3) is 0 Å². The number of piperidine rings is 1. The van der Waals surface area contributed by atoms with Crippen LogP contribution in [0.25, 0.3) is 0 Å². The van der Waals surface area contributed by atoms with Crippen LogP contribution in [0.3, 0.4) is 0 Å². The van der Waals surface area contributed by atoms with Crippen molar-refractivity contribution >= 4 is 17.4 Å². The third-order valence-electron chi connectivity index (χ3n) is 2.88. The Balaban J connectivity index is 1.79. The molecule has 0 radical (unpaired) electrons. The highest BCUT2D eigenvalue weighted by Gasteiger charge is 2.10. The smallest absolute Gasteiger partial charge is 0.224 e. The number of halogens is 2. The fourth-order valence-electron chi connectivity index (χ4n) is 1.99. The van der Waals surface area contributed by atoms with Crippen molar-refractivity contribution in [3.8, 4) is 0 Å². The fourth-order valence-corrected chi connectivity index (χ4v) is 2.12. The lowest BCUT2D eigenvalue weighted by molar-refractivity contribution is 0.237. The van der Waals surface area contributed by atoms with Crippen LogP contribution in [0.15, 0.2) is 6.20 Å². The summed E-state index contributed by atoms with van der Waals surface area (Å²) in [4.78, 5) is 9.74. The molecule has 0 spiro atoms. The Bertz CT molecular complexity index is 368. The first-order valence-corrected chi connectivity index (χ1v) is 6.28. The van der Waals surface area contributed by atoms with Crippen molar-refractivity contribution in [1.82, 2.24) is 14.9 Å². The van der Waals surface area contributed by atoms with Gasteiger partial charge >= 0.3 is 0 Å². The van der Waals surface area contributed by atoms with Gasteiger partial charge in [-0.2, -0.15) is 4.98 Å². The lowest BCUT2D eigenvalue weighted by atomic mass is 10.1. The van der Waals surface area contributed by atoms with Crippen LogP contribution >= 0.6 is 11.6 Å². The first-order valence-electron chi connectivity index (χ1n) is 5.90. The van der Waals surface area contributed by atoms with Gasteiger partial charge in [-0.05, 0) is 37.5 Å². The second-order valence-electron chi connectivity index (χ2n) is 4.16. The molecule has 1 aliphatic rings. The zero-order valence-electron chi connectivity index (χ0n) is 9.62. The van der Waals surface area contributed by atoms with Crippen LogP contribution in [-0.4, -0.2) is 41.0 Å². The Hall–Kier alpha value is -0.940. The number of hydrogen-bond donors (Lipinski definition) is 1. The first kappa shape index (κ1) is 12.5. The predicted octanol–water partition coefficient (Wildman–Crippen LogP) is 2.17. The van der Waals surface area contributed by atoms with E-state index in [0.717, 1.165) is 25.8 Å². The number of hydrogen-bond acceptors (Lipinski definition) is 4. The van der Waals surface area contributed by atoms with Gasteiger partial charge in [-0.25, -0.2) is 9.37 Å².